The maximum Gasteiger partial charge on any atom is 0.273 e. The van der Waals surface area contributed by atoms with Crippen LogP contribution in [-0.2, 0) is 6.54 Å². The first kappa shape index (κ1) is 15.4. The van der Waals surface area contributed by atoms with E-state index in [4.69, 9.17) is 5.73 Å². The molecule has 1 fully saturated rings. The Balaban J connectivity index is 0.00000162. The van der Waals surface area contributed by atoms with E-state index in [2.05, 4.69) is 18.8 Å². The molecule has 0 spiro atoms. The van der Waals surface area contributed by atoms with Crippen molar-refractivity contribution in [3.8, 4) is 0 Å². The second kappa shape index (κ2) is 6.50. The number of aromatic nitrogens is 1. The van der Waals surface area contributed by atoms with Crippen molar-refractivity contribution < 1.29 is 4.79 Å². The first-order chi connectivity index (χ1) is 8.13. The molecule has 0 aliphatic carbocycles. The molecule has 2 unspecified atom stereocenters. The molecule has 2 N–H and O–H groups in total. The fourth-order valence-electron chi connectivity index (χ4n) is 2.46. The summed E-state index contributed by atoms with van der Waals surface area (Å²) in [6.07, 6.45) is 3.38. The van der Waals surface area contributed by atoms with Crippen molar-refractivity contribution in [1.29, 1.82) is 0 Å². The van der Waals surface area contributed by atoms with Crippen LogP contribution in [0.25, 0.3) is 0 Å². The van der Waals surface area contributed by atoms with Gasteiger partial charge in [0, 0.05) is 24.0 Å². The summed E-state index contributed by atoms with van der Waals surface area (Å²) in [6.45, 7) is 4.64. The Hall–Kier alpha value is -0.650. The van der Waals surface area contributed by atoms with Crippen molar-refractivity contribution in [3.05, 3.63) is 16.1 Å². The molecule has 0 radical (unpaired) electrons. The fraction of sp³-hybridized carbons (Fsp3) is 0.667. The predicted octanol–water partition coefficient (Wildman–Crippen LogP) is 2.43. The summed E-state index contributed by atoms with van der Waals surface area (Å²) < 4.78 is 0. The molecule has 102 valence electrons. The van der Waals surface area contributed by atoms with Gasteiger partial charge < -0.3 is 10.6 Å². The number of carbonyl (C=O) groups excluding carboxylic acids is 1. The van der Waals surface area contributed by atoms with Crippen molar-refractivity contribution in [3.63, 3.8) is 0 Å². The lowest BCUT2D eigenvalue weighted by atomic mass is 9.97. The van der Waals surface area contributed by atoms with E-state index < -0.39 is 0 Å². The number of nitrogens with zero attached hydrogens (tertiary/aromatic N) is 2. The smallest absolute Gasteiger partial charge is 0.273 e. The van der Waals surface area contributed by atoms with Gasteiger partial charge in [-0.05, 0) is 33.1 Å². The van der Waals surface area contributed by atoms with Gasteiger partial charge in [0.05, 0.1) is 0 Å². The minimum Gasteiger partial charge on any atom is -0.332 e. The lowest BCUT2D eigenvalue weighted by molar-refractivity contribution is 0.0505. The molecular formula is C12H20ClN3OS. The number of thiazole rings is 1. The summed E-state index contributed by atoms with van der Waals surface area (Å²) >= 11 is 1.46. The van der Waals surface area contributed by atoms with Gasteiger partial charge >= 0.3 is 0 Å². The van der Waals surface area contributed by atoms with Gasteiger partial charge in [-0.15, -0.1) is 23.7 Å². The average Bonchev–Trinajstić information content (AvgIpc) is 2.77. The molecule has 1 aliphatic heterocycles. The second-order valence-corrected chi connectivity index (χ2v) is 5.61. The van der Waals surface area contributed by atoms with Crippen molar-refractivity contribution >= 4 is 29.7 Å². The molecule has 1 aromatic heterocycles. The van der Waals surface area contributed by atoms with E-state index >= 15 is 0 Å². The number of rotatable bonds is 2. The van der Waals surface area contributed by atoms with Crippen LogP contribution in [0.3, 0.4) is 0 Å². The van der Waals surface area contributed by atoms with E-state index in [1.165, 1.54) is 17.8 Å². The van der Waals surface area contributed by atoms with Crippen LogP contribution >= 0.6 is 23.7 Å². The standard InChI is InChI=1S/C12H19N3OS.ClH/c1-8-4-3-5-9(2)15(8)12(16)10-7-17-11(6-13)14-10;/h7-9H,3-6,13H2,1-2H3;1H. The van der Waals surface area contributed by atoms with Crippen LogP contribution in [0.5, 0.6) is 0 Å². The molecule has 2 atom stereocenters. The highest BCUT2D eigenvalue weighted by molar-refractivity contribution is 7.09. The maximum atomic E-state index is 12.4. The molecule has 1 amide bonds. The number of hydrogen-bond donors (Lipinski definition) is 1. The van der Waals surface area contributed by atoms with Gasteiger partial charge in [-0.3, -0.25) is 4.79 Å². The Labute approximate surface area is 118 Å². The van der Waals surface area contributed by atoms with Crippen LogP contribution in [0.4, 0.5) is 0 Å². The van der Waals surface area contributed by atoms with Crippen LogP contribution < -0.4 is 5.73 Å². The lowest BCUT2D eigenvalue weighted by Gasteiger charge is -2.38. The zero-order chi connectivity index (χ0) is 12.4. The summed E-state index contributed by atoms with van der Waals surface area (Å²) in [5.41, 5.74) is 6.07. The zero-order valence-corrected chi connectivity index (χ0v) is 12.4. The van der Waals surface area contributed by atoms with Crippen LogP contribution in [0.15, 0.2) is 5.38 Å². The van der Waals surface area contributed by atoms with Gasteiger partial charge in [0.15, 0.2) is 0 Å². The molecule has 2 heterocycles. The fourth-order valence-corrected chi connectivity index (χ4v) is 3.11. The molecule has 1 aromatic rings. The van der Waals surface area contributed by atoms with Crippen molar-refractivity contribution in [2.45, 2.75) is 51.7 Å². The molecule has 4 nitrogen and oxygen atoms in total. The van der Waals surface area contributed by atoms with Crippen LogP contribution in [0.1, 0.15) is 48.6 Å². The van der Waals surface area contributed by atoms with Crippen LogP contribution in [0.2, 0.25) is 0 Å². The van der Waals surface area contributed by atoms with E-state index in [1.54, 1.807) is 0 Å². The van der Waals surface area contributed by atoms with Gasteiger partial charge in [-0.1, -0.05) is 0 Å². The SMILES string of the molecule is CC1CCCC(C)N1C(=O)c1csc(CN)n1.Cl. The quantitative estimate of drug-likeness (QED) is 0.910. The average molecular weight is 290 g/mol. The Morgan fingerprint density at radius 2 is 2.11 bits per heavy atom. The van der Waals surface area contributed by atoms with E-state index in [-0.39, 0.29) is 18.3 Å². The number of carbonyl (C=O) groups is 1. The predicted molar refractivity (Wildman–Crippen MR) is 76.2 cm³/mol. The Morgan fingerprint density at radius 3 is 2.61 bits per heavy atom. The largest absolute Gasteiger partial charge is 0.332 e. The van der Waals surface area contributed by atoms with Crippen molar-refractivity contribution in [1.82, 2.24) is 9.88 Å². The zero-order valence-electron chi connectivity index (χ0n) is 10.8. The first-order valence-corrected chi connectivity index (χ1v) is 6.98. The van der Waals surface area contributed by atoms with E-state index in [1.807, 2.05) is 10.3 Å². The van der Waals surface area contributed by atoms with E-state index in [0.717, 1.165) is 17.8 Å². The number of hydrogen-bond acceptors (Lipinski definition) is 4. The number of amides is 1. The normalized spacial score (nSPS) is 23.6. The first-order valence-electron chi connectivity index (χ1n) is 6.10. The Kier molecular flexibility index (Phi) is 5.56. The molecule has 0 bridgehead atoms. The minimum absolute atomic E-state index is 0. The lowest BCUT2D eigenvalue weighted by Crippen LogP contribution is -2.47. The van der Waals surface area contributed by atoms with Crippen LogP contribution in [0, 0.1) is 0 Å². The molecule has 18 heavy (non-hydrogen) atoms. The van der Waals surface area contributed by atoms with Crippen LogP contribution in [-0.4, -0.2) is 27.9 Å². The molecule has 6 heteroatoms. The van der Waals surface area contributed by atoms with Crippen molar-refractivity contribution in [2.24, 2.45) is 5.73 Å². The minimum atomic E-state index is 0. The highest BCUT2D eigenvalue weighted by atomic mass is 35.5. The second-order valence-electron chi connectivity index (χ2n) is 4.67. The summed E-state index contributed by atoms with van der Waals surface area (Å²) in [6, 6.07) is 0.628. The number of likely N-dealkylation sites (tertiary alicyclic amines) is 1. The van der Waals surface area contributed by atoms with Gasteiger partial charge in [0.2, 0.25) is 0 Å². The maximum absolute atomic E-state index is 12.4. The molecule has 2 rings (SSSR count). The van der Waals surface area contributed by atoms with E-state index in [0.29, 0.717) is 24.3 Å². The number of nitrogens with two attached hydrogens (primary N) is 1. The molecular weight excluding hydrogens is 270 g/mol. The highest BCUT2D eigenvalue weighted by Gasteiger charge is 2.30. The van der Waals surface area contributed by atoms with Gasteiger partial charge in [0.25, 0.3) is 5.91 Å². The molecule has 0 saturated carbocycles. The Bertz CT molecular complexity index is 400. The molecule has 1 aliphatic rings. The summed E-state index contributed by atoms with van der Waals surface area (Å²) in [4.78, 5) is 18.6. The van der Waals surface area contributed by atoms with Gasteiger partial charge in [-0.2, -0.15) is 0 Å². The topological polar surface area (TPSA) is 59.2 Å². The van der Waals surface area contributed by atoms with E-state index in [9.17, 15) is 4.79 Å². The number of halogens is 1. The summed E-state index contributed by atoms with van der Waals surface area (Å²) in [5, 5.41) is 2.64. The third kappa shape index (κ3) is 3.02. The third-order valence-corrected chi connectivity index (χ3v) is 4.24. The van der Waals surface area contributed by atoms with Gasteiger partial charge in [-0.25, -0.2) is 4.98 Å². The van der Waals surface area contributed by atoms with Gasteiger partial charge in [0.1, 0.15) is 10.7 Å². The monoisotopic (exact) mass is 289 g/mol. The third-order valence-electron chi connectivity index (χ3n) is 3.37. The Morgan fingerprint density at radius 1 is 1.50 bits per heavy atom. The van der Waals surface area contributed by atoms with Crippen molar-refractivity contribution in [2.75, 3.05) is 0 Å². The summed E-state index contributed by atoms with van der Waals surface area (Å²) in [5.74, 6) is 0.0562. The molecule has 0 aromatic carbocycles. The highest BCUT2D eigenvalue weighted by Crippen LogP contribution is 2.24. The number of piperidine rings is 1. The molecule has 1 saturated heterocycles. The summed E-state index contributed by atoms with van der Waals surface area (Å²) in [7, 11) is 0.